The first kappa shape index (κ1) is 10.9. The number of hydrogen-bond donors (Lipinski definition) is 0. The zero-order valence-corrected chi connectivity index (χ0v) is 10.2. The molecule has 0 heteroatoms. The number of rotatable bonds is 2. The quantitative estimate of drug-likeness (QED) is 0.683. The van der Waals surface area contributed by atoms with Crippen molar-refractivity contribution in [3.05, 3.63) is 59.2 Å². The standard InChI is InChI=1S/C16H18/c1-4-14-6-8-15(9-7-14)16-10-5-12(2)11-13(16)3/h5-11H,4H2,1-3H3. The Morgan fingerprint density at radius 1 is 0.875 bits per heavy atom. The third-order valence-electron chi connectivity index (χ3n) is 3.06. The van der Waals surface area contributed by atoms with Crippen LogP contribution in [-0.2, 0) is 6.42 Å². The predicted molar refractivity (Wildman–Crippen MR) is 70.7 cm³/mol. The SMILES string of the molecule is CCc1ccc(-c2ccc(C)cc2C)cc1. The van der Waals surface area contributed by atoms with Crippen molar-refractivity contribution in [1.82, 2.24) is 0 Å². The van der Waals surface area contributed by atoms with Crippen LogP contribution >= 0.6 is 0 Å². The molecule has 16 heavy (non-hydrogen) atoms. The highest BCUT2D eigenvalue weighted by atomic mass is 14.1. The molecule has 0 nitrogen and oxygen atoms in total. The van der Waals surface area contributed by atoms with E-state index < -0.39 is 0 Å². The number of hydrogen-bond acceptors (Lipinski definition) is 0. The molecule has 0 aliphatic heterocycles. The van der Waals surface area contributed by atoms with Gasteiger partial charge in [-0.25, -0.2) is 0 Å². The van der Waals surface area contributed by atoms with Gasteiger partial charge in [0.25, 0.3) is 0 Å². The summed E-state index contributed by atoms with van der Waals surface area (Å²) in [4.78, 5) is 0. The number of aryl methyl sites for hydroxylation is 3. The van der Waals surface area contributed by atoms with E-state index in [2.05, 4.69) is 63.2 Å². The Labute approximate surface area is 97.9 Å². The van der Waals surface area contributed by atoms with Crippen molar-refractivity contribution in [2.45, 2.75) is 27.2 Å². The van der Waals surface area contributed by atoms with Gasteiger partial charge in [-0.05, 0) is 42.5 Å². The third kappa shape index (κ3) is 2.16. The zero-order valence-electron chi connectivity index (χ0n) is 10.2. The van der Waals surface area contributed by atoms with Crippen LogP contribution in [0.3, 0.4) is 0 Å². The Balaban J connectivity index is 2.42. The van der Waals surface area contributed by atoms with Gasteiger partial charge in [0.05, 0.1) is 0 Å². The van der Waals surface area contributed by atoms with Crippen LogP contribution in [0.4, 0.5) is 0 Å². The molecule has 0 amide bonds. The van der Waals surface area contributed by atoms with E-state index in [0.29, 0.717) is 0 Å². The Bertz CT molecular complexity index is 478. The molecule has 0 aliphatic rings. The lowest BCUT2D eigenvalue weighted by Crippen LogP contribution is -1.86. The second-order valence-electron chi connectivity index (χ2n) is 4.37. The maximum atomic E-state index is 2.24. The molecule has 0 saturated carbocycles. The summed E-state index contributed by atoms with van der Waals surface area (Å²) < 4.78 is 0. The molecule has 0 fully saturated rings. The molecular formula is C16H18. The van der Waals surface area contributed by atoms with Gasteiger partial charge in [0.1, 0.15) is 0 Å². The highest BCUT2D eigenvalue weighted by Crippen LogP contribution is 2.24. The third-order valence-corrected chi connectivity index (χ3v) is 3.06. The fourth-order valence-corrected chi connectivity index (χ4v) is 2.06. The molecule has 0 N–H and O–H groups in total. The van der Waals surface area contributed by atoms with Crippen molar-refractivity contribution in [1.29, 1.82) is 0 Å². The average Bonchev–Trinajstić information content (AvgIpc) is 2.29. The van der Waals surface area contributed by atoms with Crippen LogP contribution in [0.2, 0.25) is 0 Å². The van der Waals surface area contributed by atoms with Gasteiger partial charge in [-0.15, -0.1) is 0 Å². The molecular weight excluding hydrogens is 192 g/mol. The molecule has 0 bridgehead atoms. The first-order valence-corrected chi connectivity index (χ1v) is 5.87. The highest BCUT2D eigenvalue weighted by Gasteiger charge is 2.01. The maximum absolute atomic E-state index is 2.24. The van der Waals surface area contributed by atoms with Gasteiger partial charge in [0.2, 0.25) is 0 Å². The van der Waals surface area contributed by atoms with Crippen molar-refractivity contribution in [3.63, 3.8) is 0 Å². The molecule has 0 aliphatic carbocycles. The van der Waals surface area contributed by atoms with Crippen LogP contribution in [0.1, 0.15) is 23.6 Å². The topological polar surface area (TPSA) is 0 Å². The van der Waals surface area contributed by atoms with Crippen LogP contribution in [0.5, 0.6) is 0 Å². The molecule has 0 unspecified atom stereocenters. The monoisotopic (exact) mass is 210 g/mol. The molecule has 0 aromatic heterocycles. The van der Waals surface area contributed by atoms with E-state index in [0.717, 1.165) is 6.42 Å². The lowest BCUT2D eigenvalue weighted by Gasteiger charge is -2.07. The Kier molecular flexibility index (Phi) is 3.09. The lowest BCUT2D eigenvalue weighted by molar-refractivity contribution is 1.14. The smallest absolute Gasteiger partial charge is 0.0155 e. The van der Waals surface area contributed by atoms with E-state index in [9.17, 15) is 0 Å². The molecule has 0 heterocycles. The predicted octanol–water partition coefficient (Wildman–Crippen LogP) is 4.53. The zero-order chi connectivity index (χ0) is 11.5. The van der Waals surface area contributed by atoms with Gasteiger partial charge in [-0.3, -0.25) is 0 Å². The molecule has 0 radical (unpaired) electrons. The van der Waals surface area contributed by atoms with Crippen molar-refractivity contribution in [2.24, 2.45) is 0 Å². The largest absolute Gasteiger partial charge is 0.0613 e. The fourth-order valence-electron chi connectivity index (χ4n) is 2.06. The summed E-state index contributed by atoms with van der Waals surface area (Å²) in [7, 11) is 0. The summed E-state index contributed by atoms with van der Waals surface area (Å²) in [5, 5.41) is 0. The summed E-state index contributed by atoms with van der Waals surface area (Å²) >= 11 is 0. The minimum absolute atomic E-state index is 1.10. The van der Waals surface area contributed by atoms with Crippen molar-refractivity contribution < 1.29 is 0 Å². The van der Waals surface area contributed by atoms with E-state index in [1.54, 1.807) is 0 Å². The van der Waals surface area contributed by atoms with Crippen LogP contribution in [0.25, 0.3) is 11.1 Å². The normalized spacial score (nSPS) is 10.4. The molecule has 2 aromatic carbocycles. The summed E-state index contributed by atoms with van der Waals surface area (Å²) in [6.07, 6.45) is 1.10. The molecule has 2 aromatic rings. The average molecular weight is 210 g/mol. The molecule has 0 spiro atoms. The van der Waals surface area contributed by atoms with Crippen LogP contribution in [0.15, 0.2) is 42.5 Å². The van der Waals surface area contributed by atoms with Crippen molar-refractivity contribution >= 4 is 0 Å². The van der Waals surface area contributed by atoms with E-state index in [1.807, 2.05) is 0 Å². The van der Waals surface area contributed by atoms with Gasteiger partial charge >= 0.3 is 0 Å². The maximum Gasteiger partial charge on any atom is -0.0155 e. The summed E-state index contributed by atoms with van der Waals surface area (Å²) in [5.74, 6) is 0. The summed E-state index contributed by atoms with van der Waals surface area (Å²) in [5.41, 5.74) is 6.73. The summed E-state index contributed by atoms with van der Waals surface area (Å²) in [6, 6.07) is 15.5. The molecule has 2 rings (SSSR count). The minimum atomic E-state index is 1.10. The van der Waals surface area contributed by atoms with E-state index in [1.165, 1.54) is 27.8 Å². The second kappa shape index (κ2) is 4.52. The van der Waals surface area contributed by atoms with Gasteiger partial charge in [-0.1, -0.05) is 55.0 Å². The van der Waals surface area contributed by atoms with Gasteiger partial charge in [0.15, 0.2) is 0 Å². The van der Waals surface area contributed by atoms with Crippen LogP contribution in [-0.4, -0.2) is 0 Å². The lowest BCUT2D eigenvalue weighted by atomic mass is 9.98. The molecule has 0 atom stereocenters. The number of benzene rings is 2. The highest BCUT2D eigenvalue weighted by molar-refractivity contribution is 5.67. The minimum Gasteiger partial charge on any atom is -0.0613 e. The first-order valence-electron chi connectivity index (χ1n) is 5.87. The Morgan fingerprint density at radius 2 is 1.56 bits per heavy atom. The molecule has 0 saturated heterocycles. The van der Waals surface area contributed by atoms with E-state index in [4.69, 9.17) is 0 Å². The van der Waals surface area contributed by atoms with Gasteiger partial charge in [0, 0.05) is 0 Å². The van der Waals surface area contributed by atoms with Gasteiger partial charge < -0.3 is 0 Å². The van der Waals surface area contributed by atoms with Crippen molar-refractivity contribution in [2.75, 3.05) is 0 Å². The Hall–Kier alpha value is -1.56. The van der Waals surface area contributed by atoms with Crippen molar-refractivity contribution in [3.8, 4) is 11.1 Å². The fraction of sp³-hybridized carbons (Fsp3) is 0.250. The van der Waals surface area contributed by atoms with Crippen LogP contribution < -0.4 is 0 Å². The van der Waals surface area contributed by atoms with Gasteiger partial charge in [-0.2, -0.15) is 0 Å². The molecule has 82 valence electrons. The van der Waals surface area contributed by atoms with E-state index in [-0.39, 0.29) is 0 Å². The van der Waals surface area contributed by atoms with E-state index >= 15 is 0 Å². The second-order valence-corrected chi connectivity index (χ2v) is 4.37. The Morgan fingerprint density at radius 3 is 2.12 bits per heavy atom. The van der Waals surface area contributed by atoms with Crippen LogP contribution in [0, 0.1) is 13.8 Å². The summed E-state index contributed by atoms with van der Waals surface area (Å²) in [6.45, 7) is 6.50. The first-order chi connectivity index (χ1) is 7.70.